The largest absolute Gasteiger partial charge is 0.473 e. The Labute approximate surface area is 178 Å². The van der Waals surface area contributed by atoms with Crippen LogP contribution in [0.25, 0.3) is 0 Å². The Morgan fingerprint density at radius 2 is 1.93 bits per heavy atom. The summed E-state index contributed by atoms with van der Waals surface area (Å²) in [4.78, 5) is 25.3. The highest BCUT2D eigenvalue weighted by Gasteiger charge is 2.26. The number of hydrogen-bond acceptors (Lipinski definition) is 6. The number of ketones is 1. The molecule has 160 valence electrons. The maximum absolute atomic E-state index is 13.0. The van der Waals surface area contributed by atoms with E-state index in [2.05, 4.69) is 10.2 Å². The quantitative estimate of drug-likeness (QED) is 0.571. The van der Waals surface area contributed by atoms with E-state index in [-0.39, 0.29) is 33.2 Å². The molecule has 0 fully saturated rings. The summed E-state index contributed by atoms with van der Waals surface area (Å²) in [5.41, 5.74) is 0.714. The van der Waals surface area contributed by atoms with Crippen molar-refractivity contribution in [2.75, 3.05) is 6.26 Å². The van der Waals surface area contributed by atoms with Gasteiger partial charge in [0, 0.05) is 43.2 Å². The summed E-state index contributed by atoms with van der Waals surface area (Å²) in [6.07, 6.45) is 1.05. The average Bonchev–Trinajstić information content (AvgIpc) is 3.09. The van der Waals surface area contributed by atoms with Gasteiger partial charge in [-0.3, -0.25) is 19.4 Å². The SMILES string of the molecule is Cc1cc(OCc2c(S(C)(=O)=O)ccc(C(=O)c3c(C)[nH]n(C)c3=O)c2Cl)n(C)n1. The van der Waals surface area contributed by atoms with E-state index in [1.165, 1.54) is 28.5 Å². The van der Waals surface area contributed by atoms with E-state index in [0.717, 1.165) is 11.9 Å². The molecule has 0 radical (unpaired) electrons. The van der Waals surface area contributed by atoms with Gasteiger partial charge in [-0.05, 0) is 26.0 Å². The normalized spacial score (nSPS) is 11.7. The van der Waals surface area contributed by atoms with E-state index < -0.39 is 21.2 Å². The zero-order chi connectivity index (χ0) is 22.4. The van der Waals surface area contributed by atoms with Crippen molar-refractivity contribution >= 4 is 27.2 Å². The molecule has 0 unspecified atom stereocenters. The van der Waals surface area contributed by atoms with Crippen LogP contribution in [0.4, 0.5) is 0 Å². The number of benzene rings is 1. The zero-order valence-corrected chi connectivity index (χ0v) is 18.7. The topological polar surface area (TPSA) is 116 Å². The Morgan fingerprint density at radius 3 is 2.43 bits per heavy atom. The number of aromatic nitrogens is 4. The summed E-state index contributed by atoms with van der Waals surface area (Å²) in [6, 6.07) is 4.30. The van der Waals surface area contributed by atoms with Crippen LogP contribution in [0.1, 0.15) is 32.9 Å². The second kappa shape index (κ2) is 7.77. The molecular formula is C19H21ClN4O5S. The summed E-state index contributed by atoms with van der Waals surface area (Å²) in [5, 5.41) is 6.85. The van der Waals surface area contributed by atoms with Crippen molar-refractivity contribution in [3.8, 4) is 5.88 Å². The maximum Gasteiger partial charge on any atom is 0.277 e. The number of sulfone groups is 1. The number of carbonyl (C=O) groups is 1. The van der Waals surface area contributed by atoms with Crippen LogP contribution >= 0.6 is 11.6 Å². The van der Waals surface area contributed by atoms with Gasteiger partial charge in [-0.15, -0.1) is 0 Å². The Morgan fingerprint density at radius 1 is 1.27 bits per heavy atom. The van der Waals surface area contributed by atoms with Crippen molar-refractivity contribution in [2.45, 2.75) is 25.3 Å². The number of hydrogen-bond donors (Lipinski definition) is 1. The lowest BCUT2D eigenvalue weighted by Gasteiger charge is -2.14. The van der Waals surface area contributed by atoms with Crippen molar-refractivity contribution in [1.82, 2.24) is 19.6 Å². The predicted octanol–water partition coefficient (Wildman–Crippen LogP) is 1.93. The maximum atomic E-state index is 13.0. The number of rotatable bonds is 6. The van der Waals surface area contributed by atoms with Crippen molar-refractivity contribution in [1.29, 1.82) is 0 Å². The van der Waals surface area contributed by atoms with Crippen LogP contribution in [0.3, 0.4) is 0 Å². The molecule has 9 nitrogen and oxygen atoms in total. The van der Waals surface area contributed by atoms with E-state index in [1.807, 2.05) is 0 Å². The highest BCUT2D eigenvalue weighted by Crippen LogP contribution is 2.31. The number of aromatic amines is 1. The lowest BCUT2D eigenvalue weighted by molar-refractivity contribution is 0.103. The molecule has 0 aliphatic heterocycles. The number of nitrogens with one attached hydrogen (secondary N) is 1. The van der Waals surface area contributed by atoms with Crippen molar-refractivity contribution in [3.63, 3.8) is 0 Å². The molecule has 2 aromatic heterocycles. The molecule has 1 aromatic carbocycles. The molecule has 0 aliphatic rings. The average molecular weight is 453 g/mol. The van der Waals surface area contributed by atoms with E-state index >= 15 is 0 Å². The first-order chi connectivity index (χ1) is 13.9. The molecule has 0 saturated carbocycles. The fraction of sp³-hybridized carbons (Fsp3) is 0.316. The minimum Gasteiger partial charge on any atom is -0.473 e. The smallest absolute Gasteiger partial charge is 0.277 e. The van der Waals surface area contributed by atoms with Crippen LogP contribution in [0.15, 0.2) is 27.9 Å². The van der Waals surface area contributed by atoms with Crippen LogP contribution in [0.5, 0.6) is 5.88 Å². The van der Waals surface area contributed by atoms with Crippen molar-refractivity contribution in [2.24, 2.45) is 14.1 Å². The molecule has 3 aromatic rings. The van der Waals surface area contributed by atoms with Gasteiger partial charge in [0.25, 0.3) is 5.56 Å². The minimum atomic E-state index is -3.65. The first-order valence-corrected chi connectivity index (χ1v) is 11.1. The lowest BCUT2D eigenvalue weighted by Crippen LogP contribution is -2.20. The van der Waals surface area contributed by atoms with Gasteiger partial charge in [0.15, 0.2) is 9.84 Å². The van der Waals surface area contributed by atoms with Crippen LogP contribution in [0.2, 0.25) is 5.02 Å². The van der Waals surface area contributed by atoms with Crippen molar-refractivity contribution < 1.29 is 17.9 Å². The fourth-order valence-corrected chi connectivity index (χ4v) is 4.50. The number of halogens is 1. The molecule has 0 saturated heterocycles. The molecule has 0 bridgehead atoms. The first-order valence-electron chi connectivity index (χ1n) is 8.87. The van der Waals surface area contributed by atoms with Crippen LogP contribution < -0.4 is 10.3 Å². The Balaban J connectivity index is 2.11. The standard InChI is InChI=1S/C19H21ClN4O5S/c1-10-8-15(23(3)21-10)29-9-13-14(30(5,27)28)7-6-12(17(13)20)18(25)16-11(2)22-24(4)19(16)26/h6-8,22H,9H2,1-5H3. The monoisotopic (exact) mass is 452 g/mol. The summed E-state index contributed by atoms with van der Waals surface area (Å²) in [6.45, 7) is 3.19. The highest BCUT2D eigenvalue weighted by atomic mass is 35.5. The number of aryl methyl sites for hydroxylation is 4. The molecule has 0 aliphatic carbocycles. The number of carbonyl (C=O) groups excluding carboxylic acids is 1. The Bertz CT molecular complexity index is 1320. The first kappa shape index (κ1) is 21.8. The molecule has 0 amide bonds. The third-order valence-electron chi connectivity index (χ3n) is 4.62. The second-order valence-electron chi connectivity index (χ2n) is 7.02. The summed E-state index contributed by atoms with van der Waals surface area (Å²) in [7, 11) is -0.473. The molecular weight excluding hydrogens is 432 g/mol. The van der Waals surface area contributed by atoms with Crippen LogP contribution in [-0.2, 0) is 30.5 Å². The van der Waals surface area contributed by atoms with E-state index in [1.54, 1.807) is 27.0 Å². The van der Waals surface area contributed by atoms with Crippen LogP contribution in [-0.4, -0.2) is 40.0 Å². The van der Waals surface area contributed by atoms with E-state index in [9.17, 15) is 18.0 Å². The molecule has 3 rings (SSSR count). The van der Waals surface area contributed by atoms with Gasteiger partial charge in [0.1, 0.15) is 12.2 Å². The lowest BCUT2D eigenvalue weighted by atomic mass is 10.0. The fourth-order valence-electron chi connectivity index (χ4n) is 3.22. The third-order valence-corrected chi connectivity index (χ3v) is 6.24. The molecule has 11 heteroatoms. The Kier molecular flexibility index (Phi) is 5.66. The predicted molar refractivity (Wildman–Crippen MR) is 111 cm³/mol. The van der Waals surface area contributed by atoms with E-state index in [4.69, 9.17) is 16.3 Å². The number of nitrogens with zero attached hydrogens (tertiary/aromatic N) is 3. The molecule has 0 spiro atoms. The van der Waals surface area contributed by atoms with Gasteiger partial charge in [0.2, 0.25) is 11.7 Å². The third kappa shape index (κ3) is 3.92. The second-order valence-corrected chi connectivity index (χ2v) is 9.38. The molecule has 0 atom stereocenters. The minimum absolute atomic E-state index is 0.0173. The van der Waals surface area contributed by atoms with Gasteiger partial charge < -0.3 is 4.74 Å². The Hall–Kier alpha value is -2.85. The van der Waals surface area contributed by atoms with Crippen molar-refractivity contribution in [3.05, 3.63) is 61.7 Å². The van der Waals surface area contributed by atoms with Gasteiger partial charge in [-0.1, -0.05) is 11.6 Å². The number of H-pyrrole nitrogens is 1. The van der Waals surface area contributed by atoms with Crippen LogP contribution in [0, 0.1) is 13.8 Å². The summed E-state index contributed by atoms with van der Waals surface area (Å²) >= 11 is 6.48. The van der Waals surface area contributed by atoms with E-state index in [0.29, 0.717) is 11.6 Å². The zero-order valence-electron chi connectivity index (χ0n) is 17.1. The van der Waals surface area contributed by atoms with Gasteiger partial charge in [-0.2, -0.15) is 5.10 Å². The summed E-state index contributed by atoms with van der Waals surface area (Å²) in [5.74, 6) is -0.188. The van der Waals surface area contributed by atoms with Gasteiger partial charge in [0.05, 0.1) is 15.6 Å². The highest BCUT2D eigenvalue weighted by molar-refractivity contribution is 7.90. The summed E-state index contributed by atoms with van der Waals surface area (Å²) < 4.78 is 33.0. The molecule has 1 N–H and O–H groups in total. The van der Waals surface area contributed by atoms with Gasteiger partial charge in [-0.25, -0.2) is 13.1 Å². The van der Waals surface area contributed by atoms with Gasteiger partial charge >= 0.3 is 0 Å². The molecule has 2 heterocycles. The molecule has 30 heavy (non-hydrogen) atoms. The number of ether oxygens (including phenoxy) is 1.